The second-order valence-corrected chi connectivity index (χ2v) is 4.36. The average Bonchev–Trinajstić information content (AvgIpc) is 2.47. The van der Waals surface area contributed by atoms with E-state index < -0.39 is 0 Å². The van der Waals surface area contributed by atoms with Crippen LogP contribution < -0.4 is 5.32 Å². The molecule has 0 unspecified atom stereocenters. The summed E-state index contributed by atoms with van der Waals surface area (Å²) < 4.78 is 0. The summed E-state index contributed by atoms with van der Waals surface area (Å²) in [5.74, 6) is -0.102. The fourth-order valence-electron chi connectivity index (χ4n) is 1.75. The zero-order valence-electron chi connectivity index (χ0n) is 12.3. The van der Waals surface area contributed by atoms with Crippen LogP contribution in [0, 0.1) is 0 Å². The molecule has 0 saturated heterocycles. The first-order chi connectivity index (χ1) is 9.62. The van der Waals surface area contributed by atoms with Gasteiger partial charge >= 0.3 is 0 Å². The summed E-state index contributed by atoms with van der Waals surface area (Å²) in [6, 6.07) is 7.84. The third-order valence-electron chi connectivity index (χ3n) is 2.86. The SMILES string of the molecule is C=Cc1ccccc1/C=C(\C)C(=O)NC(/C=C\C)=C/C. The summed E-state index contributed by atoms with van der Waals surface area (Å²) in [6.45, 7) is 9.39. The van der Waals surface area contributed by atoms with Crippen LogP contribution in [0.3, 0.4) is 0 Å². The molecule has 0 spiro atoms. The fourth-order valence-corrected chi connectivity index (χ4v) is 1.75. The number of nitrogens with one attached hydrogen (secondary N) is 1. The molecular formula is C18H21NO. The number of carbonyl (C=O) groups is 1. The smallest absolute Gasteiger partial charge is 0.251 e. The van der Waals surface area contributed by atoms with Gasteiger partial charge in [-0.2, -0.15) is 0 Å². The Labute approximate surface area is 121 Å². The number of carbonyl (C=O) groups excluding carboxylic acids is 1. The second-order valence-electron chi connectivity index (χ2n) is 4.36. The van der Waals surface area contributed by atoms with E-state index in [2.05, 4.69) is 11.9 Å². The van der Waals surface area contributed by atoms with E-state index in [1.54, 1.807) is 13.0 Å². The summed E-state index contributed by atoms with van der Waals surface area (Å²) in [7, 11) is 0. The Morgan fingerprint density at radius 2 is 1.85 bits per heavy atom. The van der Waals surface area contributed by atoms with Crippen LogP contribution in [0.15, 0.2) is 60.3 Å². The molecule has 2 nitrogen and oxygen atoms in total. The number of benzene rings is 1. The van der Waals surface area contributed by atoms with E-state index in [0.29, 0.717) is 5.57 Å². The van der Waals surface area contributed by atoms with Gasteiger partial charge in [0.2, 0.25) is 0 Å². The molecule has 0 radical (unpaired) electrons. The third kappa shape index (κ3) is 4.39. The highest BCUT2D eigenvalue weighted by molar-refractivity contribution is 5.98. The molecule has 1 aromatic carbocycles. The predicted molar refractivity (Wildman–Crippen MR) is 86.9 cm³/mol. The minimum atomic E-state index is -0.102. The number of hydrogen-bond donors (Lipinski definition) is 1. The van der Waals surface area contributed by atoms with Crippen LogP contribution in [0.5, 0.6) is 0 Å². The maximum absolute atomic E-state index is 12.1. The molecule has 1 amide bonds. The van der Waals surface area contributed by atoms with Crippen molar-refractivity contribution < 1.29 is 4.79 Å². The molecule has 20 heavy (non-hydrogen) atoms. The normalized spacial score (nSPS) is 12.6. The van der Waals surface area contributed by atoms with Crippen molar-refractivity contribution in [2.45, 2.75) is 20.8 Å². The molecule has 0 aliphatic rings. The monoisotopic (exact) mass is 267 g/mol. The Bertz CT molecular complexity index is 577. The molecule has 1 N–H and O–H groups in total. The van der Waals surface area contributed by atoms with Gasteiger partial charge in [-0.3, -0.25) is 4.79 Å². The highest BCUT2D eigenvalue weighted by Gasteiger charge is 2.05. The van der Waals surface area contributed by atoms with Crippen LogP contribution in [0.1, 0.15) is 31.9 Å². The summed E-state index contributed by atoms with van der Waals surface area (Å²) >= 11 is 0. The molecule has 0 heterocycles. The number of amides is 1. The molecular weight excluding hydrogens is 246 g/mol. The van der Waals surface area contributed by atoms with Crippen molar-refractivity contribution in [3.05, 3.63) is 71.5 Å². The van der Waals surface area contributed by atoms with Gasteiger partial charge in [0.1, 0.15) is 0 Å². The fraction of sp³-hybridized carbons (Fsp3) is 0.167. The van der Waals surface area contributed by atoms with Gasteiger partial charge in [0.05, 0.1) is 0 Å². The lowest BCUT2D eigenvalue weighted by Crippen LogP contribution is -2.22. The molecule has 0 atom stereocenters. The molecule has 0 aliphatic heterocycles. The largest absolute Gasteiger partial charge is 0.323 e. The highest BCUT2D eigenvalue weighted by atomic mass is 16.1. The van der Waals surface area contributed by atoms with Gasteiger partial charge in [-0.1, -0.05) is 49.1 Å². The van der Waals surface area contributed by atoms with Crippen LogP contribution in [0.2, 0.25) is 0 Å². The Balaban J connectivity index is 2.93. The molecule has 0 aromatic heterocycles. The van der Waals surface area contributed by atoms with Crippen molar-refractivity contribution in [3.63, 3.8) is 0 Å². The van der Waals surface area contributed by atoms with Crippen molar-refractivity contribution in [2.24, 2.45) is 0 Å². The Morgan fingerprint density at radius 1 is 1.20 bits per heavy atom. The van der Waals surface area contributed by atoms with Crippen LogP contribution >= 0.6 is 0 Å². The summed E-state index contributed by atoms with van der Waals surface area (Å²) in [5, 5.41) is 2.87. The van der Waals surface area contributed by atoms with E-state index >= 15 is 0 Å². The lowest BCUT2D eigenvalue weighted by molar-refractivity contribution is -0.116. The molecule has 0 aliphatic carbocycles. The number of hydrogen-bond acceptors (Lipinski definition) is 1. The van der Waals surface area contributed by atoms with Gasteiger partial charge in [-0.15, -0.1) is 0 Å². The first-order valence-corrected chi connectivity index (χ1v) is 6.62. The van der Waals surface area contributed by atoms with E-state index in [9.17, 15) is 4.79 Å². The van der Waals surface area contributed by atoms with Gasteiger partial charge in [0.25, 0.3) is 5.91 Å². The molecule has 0 fully saturated rings. The minimum absolute atomic E-state index is 0.102. The quantitative estimate of drug-likeness (QED) is 0.624. The van der Waals surface area contributed by atoms with Gasteiger partial charge in [-0.05, 0) is 44.1 Å². The second kappa shape index (κ2) is 7.95. The van der Waals surface area contributed by atoms with Crippen LogP contribution in [0.4, 0.5) is 0 Å². The predicted octanol–water partition coefficient (Wildman–Crippen LogP) is 4.33. The van der Waals surface area contributed by atoms with E-state index in [0.717, 1.165) is 16.8 Å². The van der Waals surface area contributed by atoms with E-state index in [1.165, 1.54) is 0 Å². The van der Waals surface area contributed by atoms with Crippen molar-refractivity contribution in [3.8, 4) is 0 Å². The average molecular weight is 267 g/mol. The zero-order chi connectivity index (χ0) is 15.0. The molecule has 1 aromatic rings. The highest BCUT2D eigenvalue weighted by Crippen LogP contribution is 2.14. The van der Waals surface area contributed by atoms with E-state index in [4.69, 9.17) is 0 Å². The van der Waals surface area contributed by atoms with Gasteiger partial charge in [0, 0.05) is 11.3 Å². The lowest BCUT2D eigenvalue weighted by atomic mass is 10.0. The van der Waals surface area contributed by atoms with Gasteiger partial charge in [0.15, 0.2) is 0 Å². The molecule has 2 heteroatoms. The van der Waals surface area contributed by atoms with Crippen LogP contribution in [-0.4, -0.2) is 5.91 Å². The van der Waals surface area contributed by atoms with Crippen LogP contribution in [0.25, 0.3) is 12.2 Å². The Kier molecular flexibility index (Phi) is 6.24. The van der Waals surface area contributed by atoms with Crippen molar-refractivity contribution in [1.82, 2.24) is 5.32 Å². The number of rotatable bonds is 5. The molecule has 1 rings (SSSR count). The number of allylic oxidation sites excluding steroid dienone is 3. The van der Waals surface area contributed by atoms with Crippen molar-refractivity contribution in [1.29, 1.82) is 0 Å². The Morgan fingerprint density at radius 3 is 2.40 bits per heavy atom. The zero-order valence-corrected chi connectivity index (χ0v) is 12.3. The Hall–Kier alpha value is -2.35. The maximum atomic E-state index is 12.1. The summed E-state index contributed by atoms with van der Waals surface area (Å²) in [5.41, 5.74) is 3.45. The van der Waals surface area contributed by atoms with E-state index in [-0.39, 0.29) is 5.91 Å². The van der Waals surface area contributed by atoms with Gasteiger partial charge < -0.3 is 5.32 Å². The first kappa shape index (κ1) is 15.7. The lowest BCUT2D eigenvalue weighted by Gasteiger charge is -2.07. The van der Waals surface area contributed by atoms with Crippen LogP contribution in [-0.2, 0) is 4.79 Å². The summed E-state index contributed by atoms with van der Waals surface area (Å²) in [4.78, 5) is 12.1. The third-order valence-corrected chi connectivity index (χ3v) is 2.86. The van der Waals surface area contributed by atoms with E-state index in [1.807, 2.05) is 62.4 Å². The molecule has 0 saturated carbocycles. The van der Waals surface area contributed by atoms with Gasteiger partial charge in [-0.25, -0.2) is 0 Å². The summed E-state index contributed by atoms with van der Waals surface area (Å²) in [6.07, 6.45) is 9.27. The van der Waals surface area contributed by atoms with Crippen molar-refractivity contribution >= 4 is 18.1 Å². The topological polar surface area (TPSA) is 29.1 Å². The minimum Gasteiger partial charge on any atom is -0.323 e. The molecule has 0 bridgehead atoms. The maximum Gasteiger partial charge on any atom is 0.251 e. The first-order valence-electron chi connectivity index (χ1n) is 6.62. The standard InChI is InChI=1S/C18H21NO/c1-5-10-17(7-3)19-18(20)14(4)13-16-12-9-8-11-15(16)6-2/h5-13H,2H2,1,3-4H3,(H,19,20)/b10-5-,14-13+,17-7+. The molecule has 104 valence electrons. The van der Waals surface area contributed by atoms with Crippen molar-refractivity contribution in [2.75, 3.05) is 0 Å².